The highest BCUT2D eigenvalue weighted by molar-refractivity contribution is 5.98. The predicted octanol–water partition coefficient (Wildman–Crippen LogP) is 3.79. The van der Waals surface area contributed by atoms with Gasteiger partial charge in [0, 0.05) is 11.5 Å². The molecule has 2 heterocycles. The topological polar surface area (TPSA) is 67.9 Å². The molecule has 4 rings (SSSR count). The van der Waals surface area contributed by atoms with E-state index in [2.05, 4.69) is 41.4 Å². The van der Waals surface area contributed by atoms with Crippen molar-refractivity contribution in [3.63, 3.8) is 0 Å². The fourth-order valence-corrected chi connectivity index (χ4v) is 4.40. The van der Waals surface area contributed by atoms with Gasteiger partial charge in [-0.25, -0.2) is 0 Å². The number of amides is 1. The number of hydrogen-bond donors (Lipinski definition) is 1. The molecular weight excluding hydrogens is 404 g/mol. The summed E-state index contributed by atoms with van der Waals surface area (Å²) in [5.74, 6) is 1.50. The van der Waals surface area contributed by atoms with Crippen molar-refractivity contribution < 1.29 is 19.1 Å². The van der Waals surface area contributed by atoms with Crippen LogP contribution in [0.15, 0.2) is 42.5 Å². The third-order valence-corrected chi connectivity index (χ3v) is 6.42. The van der Waals surface area contributed by atoms with Gasteiger partial charge in [-0.05, 0) is 68.6 Å². The van der Waals surface area contributed by atoms with Gasteiger partial charge in [0.1, 0.15) is 13.2 Å². The average molecular weight is 437 g/mol. The molecule has 6 nitrogen and oxygen atoms in total. The number of aryl methyl sites for hydroxylation is 1. The molecule has 2 aliphatic heterocycles. The van der Waals surface area contributed by atoms with Gasteiger partial charge in [0.05, 0.1) is 12.6 Å². The van der Waals surface area contributed by atoms with E-state index in [1.807, 2.05) is 19.1 Å². The van der Waals surface area contributed by atoms with Gasteiger partial charge < -0.3 is 14.8 Å². The fraction of sp³-hybridized carbons (Fsp3) is 0.462. The summed E-state index contributed by atoms with van der Waals surface area (Å²) in [7, 11) is 0. The summed E-state index contributed by atoms with van der Waals surface area (Å²) < 4.78 is 11.1. The van der Waals surface area contributed by atoms with Crippen LogP contribution in [0, 0.1) is 5.92 Å². The molecule has 0 aromatic heterocycles. The molecule has 0 aliphatic carbocycles. The molecule has 2 aliphatic rings. The van der Waals surface area contributed by atoms with Crippen LogP contribution in [0.1, 0.15) is 54.2 Å². The number of ketones is 1. The summed E-state index contributed by atoms with van der Waals surface area (Å²) in [5, 5.41) is 3.10. The highest BCUT2D eigenvalue weighted by Crippen LogP contribution is 2.32. The van der Waals surface area contributed by atoms with Gasteiger partial charge in [0.2, 0.25) is 5.91 Å². The number of hydrogen-bond acceptors (Lipinski definition) is 5. The monoisotopic (exact) mass is 436 g/mol. The molecule has 1 fully saturated rings. The average Bonchev–Trinajstić information content (AvgIpc) is 2.83. The predicted molar refractivity (Wildman–Crippen MR) is 123 cm³/mol. The van der Waals surface area contributed by atoms with Crippen molar-refractivity contribution >= 4 is 11.7 Å². The van der Waals surface area contributed by atoms with E-state index in [1.165, 1.54) is 5.56 Å². The van der Waals surface area contributed by atoms with Crippen molar-refractivity contribution in [2.75, 3.05) is 32.8 Å². The van der Waals surface area contributed by atoms with Crippen molar-refractivity contribution in [3.8, 4) is 11.5 Å². The van der Waals surface area contributed by atoms with Gasteiger partial charge in [-0.15, -0.1) is 0 Å². The molecular formula is C26H32N2O4. The van der Waals surface area contributed by atoms with E-state index >= 15 is 0 Å². The van der Waals surface area contributed by atoms with E-state index in [9.17, 15) is 9.59 Å². The number of benzene rings is 2. The third kappa shape index (κ3) is 5.30. The zero-order valence-corrected chi connectivity index (χ0v) is 18.9. The Bertz CT molecular complexity index is 949. The number of carbonyl (C=O) groups excluding carboxylic acids is 2. The van der Waals surface area contributed by atoms with Gasteiger partial charge in [-0.2, -0.15) is 0 Å². The Hall–Kier alpha value is -2.86. The molecule has 2 aromatic carbocycles. The smallest absolute Gasteiger partial charge is 0.234 e. The van der Waals surface area contributed by atoms with E-state index in [0.29, 0.717) is 36.8 Å². The molecule has 0 bridgehead atoms. The summed E-state index contributed by atoms with van der Waals surface area (Å²) in [5.41, 5.74) is 3.08. The first kappa shape index (κ1) is 22.3. The van der Waals surface area contributed by atoms with Crippen molar-refractivity contribution in [1.29, 1.82) is 0 Å². The minimum absolute atomic E-state index is 0.0205. The van der Waals surface area contributed by atoms with Gasteiger partial charge >= 0.3 is 0 Å². The Morgan fingerprint density at radius 1 is 1.03 bits per heavy atom. The quantitative estimate of drug-likeness (QED) is 0.669. The summed E-state index contributed by atoms with van der Waals surface area (Å²) in [6.07, 6.45) is 2.53. The molecule has 6 heteroatoms. The van der Waals surface area contributed by atoms with Gasteiger partial charge in [0.25, 0.3) is 0 Å². The van der Waals surface area contributed by atoms with Crippen LogP contribution in [0.4, 0.5) is 0 Å². The van der Waals surface area contributed by atoms with Crippen LogP contribution in [0.5, 0.6) is 11.5 Å². The molecule has 1 N–H and O–H groups in total. The SMILES string of the molecule is CCc1ccc(C(C)NC(=O)CN2CCC(C(=O)c3ccc4c(c3)OCCO4)CC2)cc1. The van der Waals surface area contributed by atoms with Crippen LogP contribution in [0.3, 0.4) is 0 Å². The molecule has 2 aromatic rings. The lowest BCUT2D eigenvalue weighted by atomic mass is 9.88. The highest BCUT2D eigenvalue weighted by Gasteiger charge is 2.28. The van der Waals surface area contributed by atoms with Crippen molar-refractivity contribution in [1.82, 2.24) is 10.2 Å². The molecule has 170 valence electrons. The number of fused-ring (bicyclic) bond motifs is 1. The largest absolute Gasteiger partial charge is 0.486 e. The summed E-state index contributed by atoms with van der Waals surface area (Å²) in [6, 6.07) is 13.8. The minimum Gasteiger partial charge on any atom is -0.486 e. The van der Waals surface area contributed by atoms with E-state index < -0.39 is 0 Å². The first-order valence-electron chi connectivity index (χ1n) is 11.6. The zero-order chi connectivity index (χ0) is 22.5. The molecule has 1 unspecified atom stereocenters. The van der Waals surface area contributed by atoms with Gasteiger partial charge in [0.15, 0.2) is 17.3 Å². The van der Waals surface area contributed by atoms with Gasteiger partial charge in [-0.1, -0.05) is 31.2 Å². The maximum atomic E-state index is 13.0. The Balaban J connectivity index is 1.25. The standard InChI is InChI=1S/C26H32N2O4/c1-3-19-4-6-20(7-5-19)18(2)27-25(29)17-28-12-10-21(11-13-28)26(30)22-8-9-23-24(16-22)32-15-14-31-23/h4-9,16,18,21H,3,10-15,17H2,1-2H3,(H,27,29). The number of likely N-dealkylation sites (tertiary alicyclic amines) is 1. The van der Waals surface area contributed by atoms with Crippen LogP contribution < -0.4 is 14.8 Å². The molecule has 32 heavy (non-hydrogen) atoms. The lowest BCUT2D eigenvalue weighted by Gasteiger charge is -2.31. The van der Waals surface area contributed by atoms with Crippen LogP contribution in [-0.2, 0) is 11.2 Å². The normalized spacial score (nSPS) is 17.6. The fourth-order valence-electron chi connectivity index (χ4n) is 4.40. The number of piperidine rings is 1. The summed E-state index contributed by atoms with van der Waals surface area (Å²) >= 11 is 0. The first-order valence-corrected chi connectivity index (χ1v) is 11.6. The number of ether oxygens (including phenoxy) is 2. The third-order valence-electron chi connectivity index (χ3n) is 6.42. The Morgan fingerprint density at radius 3 is 2.41 bits per heavy atom. The van der Waals surface area contributed by atoms with Crippen LogP contribution in [0.2, 0.25) is 0 Å². The number of carbonyl (C=O) groups is 2. The Morgan fingerprint density at radius 2 is 1.72 bits per heavy atom. The van der Waals surface area contributed by atoms with Crippen molar-refractivity contribution in [2.24, 2.45) is 5.92 Å². The lowest BCUT2D eigenvalue weighted by Crippen LogP contribution is -2.43. The van der Waals surface area contributed by atoms with E-state index in [-0.39, 0.29) is 23.7 Å². The van der Waals surface area contributed by atoms with E-state index in [1.54, 1.807) is 6.07 Å². The maximum absolute atomic E-state index is 13.0. The van der Waals surface area contributed by atoms with Crippen LogP contribution >= 0.6 is 0 Å². The molecule has 0 radical (unpaired) electrons. The molecule has 1 saturated heterocycles. The number of Topliss-reactive ketones (excluding diaryl/α,β-unsaturated/α-hetero) is 1. The van der Waals surface area contributed by atoms with Gasteiger partial charge in [-0.3, -0.25) is 14.5 Å². The molecule has 1 atom stereocenters. The highest BCUT2D eigenvalue weighted by atomic mass is 16.6. The van der Waals surface area contributed by atoms with Crippen molar-refractivity contribution in [3.05, 3.63) is 59.2 Å². The van der Waals surface area contributed by atoms with E-state index in [0.717, 1.165) is 37.9 Å². The van der Waals surface area contributed by atoms with Crippen molar-refractivity contribution in [2.45, 2.75) is 39.2 Å². The second kappa shape index (κ2) is 10.2. The number of nitrogens with zero attached hydrogens (tertiary/aromatic N) is 1. The Kier molecular flexibility index (Phi) is 7.10. The lowest BCUT2D eigenvalue weighted by molar-refractivity contribution is -0.123. The molecule has 1 amide bonds. The number of rotatable bonds is 7. The maximum Gasteiger partial charge on any atom is 0.234 e. The Labute approximate surface area is 189 Å². The first-order chi connectivity index (χ1) is 15.5. The summed E-state index contributed by atoms with van der Waals surface area (Å²) in [6.45, 7) is 7.04. The van der Waals surface area contributed by atoms with E-state index in [4.69, 9.17) is 9.47 Å². The van der Waals surface area contributed by atoms with Crippen LogP contribution in [-0.4, -0.2) is 49.4 Å². The minimum atomic E-state index is -0.0252. The number of nitrogens with one attached hydrogen (secondary N) is 1. The zero-order valence-electron chi connectivity index (χ0n) is 18.9. The second-order valence-electron chi connectivity index (χ2n) is 8.66. The summed E-state index contributed by atoms with van der Waals surface area (Å²) in [4.78, 5) is 27.6. The molecule has 0 spiro atoms. The second-order valence-corrected chi connectivity index (χ2v) is 8.66. The van der Waals surface area contributed by atoms with Crippen LogP contribution in [0.25, 0.3) is 0 Å². The molecule has 0 saturated carbocycles.